The van der Waals surface area contributed by atoms with E-state index in [1.165, 1.54) is 18.4 Å². The van der Waals surface area contributed by atoms with Crippen LogP contribution in [0.3, 0.4) is 0 Å². The summed E-state index contributed by atoms with van der Waals surface area (Å²) in [6.07, 6.45) is 1.89. The monoisotopic (exact) mass is 304 g/mol. The Balaban J connectivity index is 1.73. The third kappa shape index (κ3) is 5.43. The van der Waals surface area contributed by atoms with Gasteiger partial charge in [0.1, 0.15) is 0 Å². The number of aliphatic hydroxyl groups is 1. The fourth-order valence-corrected chi connectivity index (χ4v) is 2.31. The van der Waals surface area contributed by atoms with Crippen molar-refractivity contribution in [2.45, 2.75) is 45.1 Å². The number of rotatable bonds is 7. The highest BCUT2D eigenvalue weighted by Gasteiger charge is 2.20. The normalized spacial score (nSPS) is 16.4. The summed E-state index contributed by atoms with van der Waals surface area (Å²) in [5, 5.41) is 16.1. The number of hydrogen-bond acceptors (Lipinski definition) is 3. The summed E-state index contributed by atoms with van der Waals surface area (Å²) in [7, 11) is 0. The first-order chi connectivity index (χ1) is 10.4. The minimum atomic E-state index is -0.665. The molecule has 1 aliphatic rings. The zero-order valence-electron chi connectivity index (χ0n) is 13.9. The van der Waals surface area contributed by atoms with Crippen molar-refractivity contribution in [3.05, 3.63) is 35.4 Å². The van der Waals surface area contributed by atoms with Crippen LogP contribution in [0.4, 0.5) is 0 Å². The van der Waals surface area contributed by atoms with Crippen LogP contribution in [-0.2, 0) is 10.2 Å². The Morgan fingerprint density at radius 1 is 1.27 bits per heavy atom. The summed E-state index contributed by atoms with van der Waals surface area (Å²) in [4.78, 5) is 11.7. The molecule has 1 aromatic carbocycles. The van der Waals surface area contributed by atoms with Gasteiger partial charge in [0.15, 0.2) is 0 Å². The van der Waals surface area contributed by atoms with E-state index in [9.17, 15) is 9.90 Å². The molecule has 0 aromatic heterocycles. The van der Waals surface area contributed by atoms with E-state index in [-0.39, 0.29) is 17.9 Å². The van der Waals surface area contributed by atoms with Gasteiger partial charge in [0.05, 0.1) is 12.6 Å². The van der Waals surface area contributed by atoms with E-state index < -0.39 is 6.10 Å². The van der Waals surface area contributed by atoms with Gasteiger partial charge in [-0.2, -0.15) is 0 Å². The second-order valence-corrected chi connectivity index (χ2v) is 7.27. The van der Waals surface area contributed by atoms with E-state index in [4.69, 9.17) is 0 Å². The van der Waals surface area contributed by atoms with Gasteiger partial charge in [0.2, 0.25) is 5.91 Å². The molecule has 1 saturated carbocycles. The maximum atomic E-state index is 11.7. The van der Waals surface area contributed by atoms with Gasteiger partial charge in [-0.3, -0.25) is 4.79 Å². The molecule has 4 heteroatoms. The van der Waals surface area contributed by atoms with Crippen molar-refractivity contribution in [1.29, 1.82) is 0 Å². The predicted molar refractivity (Wildman–Crippen MR) is 88.7 cm³/mol. The Labute approximate surface area is 133 Å². The van der Waals surface area contributed by atoms with Crippen LogP contribution in [0.5, 0.6) is 0 Å². The fraction of sp³-hybridized carbons (Fsp3) is 0.611. The lowest BCUT2D eigenvalue weighted by molar-refractivity contribution is -0.120. The Kier molecular flexibility index (Phi) is 5.59. The number of amides is 1. The maximum Gasteiger partial charge on any atom is 0.234 e. The molecule has 122 valence electrons. The first-order valence-electron chi connectivity index (χ1n) is 8.12. The van der Waals surface area contributed by atoms with Crippen molar-refractivity contribution < 1.29 is 9.90 Å². The highest BCUT2D eigenvalue weighted by Crippen LogP contribution is 2.27. The molecular weight excluding hydrogens is 276 g/mol. The van der Waals surface area contributed by atoms with Gasteiger partial charge in [0.25, 0.3) is 0 Å². The zero-order chi connectivity index (χ0) is 16.2. The molecule has 22 heavy (non-hydrogen) atoms. The molecule has 4 nitrogen and oxygen atoms in total. The quantitative estimate of drug-likeness (QED) is 0.723. The van der Waals surface area contributed by atoms with E-state index in [1.54, 1.807) is 0 Å². The Hall–Kier alpha value is -1.39. The van der Waals surface area contributed by atoms with Crippen LogP contribution in [-0.4, -0.2) is 30.6 Å². The second kappa shape index (κ2) is 7.25. The highest BCUT2D eigenvalue weighted by atomic mass is 16.3. The van der Waals surface area contributed by atoms with Crippen LogP contribution in [0, 0.1) is 5.92 Å². The van der Waals surface area contributed by atoms with Crippen LogP contribution in [0.2, 0.25) is 0 Å². The topological polar surface area (TPSA) is 61.4 Å². The van der Waals surface area contributed by atoms with Crippen LogP contribution in [0.25, 0.3) is 0 Å². The smallest absolute Gasteiger partial charge is 0.234 e. The molecule has 0 aliphatic heterocycles. The largest absolute Gasteiger partial charge is 0.387 e. The number of aliphatic hydroxyl groups excluding tert-OH is 1. The number of benzene rings is 1. The molecular formula is C18H28N2O2. The lowest BCUT2D eigenvalue weighted by atomic mass is 9.86. The third-order valence-electron chi connectivity index (χ3n) is 4.07. The molecule has 2 rings (SSSR count). The summed E-state index contributed by atoms with van der Waals surface area (Å²) >= 11 is 0. The number of carbonyl (C=O) groups is 1. The standard InChI is InChI=1S/C18H28N2O2/c1-18(2,3)15-8-6-14(7-9-15)16(21)11-20-17(22)12-19-10-13-4-5-13/h6-9,13,16,19,21H,4-5,10-12H2,1-3H3,(H,20,22). The van der Waals surface area contributed by atoms with Gasteiger partial charge in [-0.15, -0.1) is 0 Å². The molecule has 1 amide bonds. The minimum Gasteiger partial charge on any atom is -0.387 e. The lowest BCUT2D eigenvalue weighted by Crippen LogP contribution is -2.36. The highest BCUT2D eigenvalue weighted by molar-refractivity contribution is 5.78. The first-order valence-corrected chi connectivity index (χ1v) is 8.12. The van der Waals surface area contributed by atoms with Crippen LogP contribution in [0.1, 0.15) is 50.8 Å². The molecule has 1 unspecified atom stereocenters. The lowest BCUT2D eigenvalue weighted by Gasteiger charge is -2.20. The molecule has 0 heterocycles. The Morgan fingerprint density at radius 3 is 2.45 bits per heavy atom. The zero-order valence-corrected chi connectivity index (χ0v) is 13.9. The number of carbonyl (C=O) groups excluding carboxylic acids is 1. The third-order valence-corrected chi connectivity index (χ3v) is 4.07. The number of hydrogen-bond donors (Lipinski definition) is 3. The molecule has 0 bridgehead atoms. The van der Waals surface area contributed by atoms with Gasteiger partial charge in [-0.1, -0.05) is 45.0 Å². The molecule has 0 saturated heterocycles. The van der Waals surface area contributed by atoms with Crippen molar-refractivity contribution in [3.63, 3.8) is 0 Å². The summed E-state index contributed by atoms with van der Waals surface area (Å²) in [5.74, 6) is 0.700. The van der Waals surface area contributed by atoms with E-state index in [2.05, 4.69) is 31.4 Å². The van der Waals surface area contributed by atoms with E-state index in [0.29, 0.717) is 6.54 Å². The van der Waals surface area contributed by atoms with Crippen LogP contribution < -0.4 is 10.6 Å². The average molecular weight is 304 g/mol. The average Bonchev–Trinajstić information content (AvgIpc) is 3.28. The van der Waals surface area contributed by atoms with Gasteiger partial charge < -0.3 is 15.7 Å². The van der Waals surface area contributed by atoms with Crippen molar-refractivity contribution in [1.82, 2.24) is 10.6 Å². The van der Waals surface area contributed by atoms with E-state index in [0.717, 1.165) is 18.0 Å². The van der Waals surface area contributed by atoms with Crippen LogP contribution in [0.15, 0.2) is 24.3 Å². The Bertz CT molecular complexity index is 487. The molecule has 1 aromatic rings. The van der Waals surface area contributed by atoms with E-state index in [1.807, 2.05) is 24.3 Å². The molecule has 1 atom stereocenters. The minimum absolute atomic E-state index is 0.0639. The maximum absolute atomic E-state index is 11.7. The molecule has 3 N–H and O–H groups in total. The molecule has 1 aliphatic carbocycles. The van der Waals surface area contributed by atoms with Gasteiger partial charge in [-0.05, 0) is 41.8 Å². The summed E-state index contributed by atoms with van der Waals surface area (Å²) in [6, 6.07) is 7.95. The second-order valence-electron chi connectivity index (χ2n) is 7.27. The Morgan fingerprint density at radius 2 is 1.91 bits per heavy atom. The SMILES string of the molecule is CC(C)(C)c1ccc(C(O)CNC(=O)CNCC2CC2)cc1. The molecule has 0 spiro atoms. The molecule has 0 radical (unpaired) electrons. The summed E-state index contributed by atoms with van der Waals surface area (Å²) in [6.45, 7) is 7.98. The number of nitrogens with one attached hydrogen (secondary N) is 2. The summed E-state index contributed by atoms with van der Waals surface area (Å²) in [5.41, 5.74) is 2.17. The van der Waals surface area contributed by atoms with Crippen molar-refractivity contribution in [2.24, 2.45) is 5.92 Å². The van der Waals surface area contributed by atoms with Crippen molar-refractivity contribution in [3.8, 4) is 0 Å². The van der Waals surface area contributed by atoms with Crippen molar-refractivity contribution >= 4 is 5.91 Å². The fourth-order valence-electron chi connectivity index (χ4n) is 2.31. The van der Waals surface area contributed by atoms with Gasteiger partial charge in [0, 0.05) is 6.54 Å². The van der Waals surface area contributed by atoms with Gasteiger partial charge >= 0.3 is 0 Å². The van der Waals surface area contributed by atoms with E-state index >= 15 is 0 Å². The van der Waals surface area contributed by atoms with Crippen LogP contribution >= 0.6 is 0 Å². The van der Waals surface area contributed by atoms with Gasteiger partial charge in [-0.25, -0.2) is 0 Å². The summed E-state index contributed by atoms with van der Waals surface area (Å²) < 4.78 is 0. The van der Waals surface area contributed by atoms with Crippen molar-refractivity contribution in [2.75, 3.05) is 19.6 Å². The first kappa shape index (κ1) is 17.0. The molecule has 1 fully saturated rings. The predicted octanol–water partition coefficient (Wildman–Crippen LogP) is 2.13.